The molecule has 0 aromatic carbocycles. The highest BCUT2D eigenvalue weighted by Gasteiger charge is 2.31. The molecule has 19 heteroatoms. The number of aliphatic hydroxyl groups excluding tert-OH is 1. The summed E-state index contributed by atoms with van der Waals surface area (Å²) in [6, 6.07) is 0. The minimum Gasteiger partial charge on any atom is -0.462 e. The molecular formula is C85H166O17P2. The zero-order valence-electron chi connectivity index (χ0n) is 68.7. The maximum Gasteiger partial charge on any atom is 0.472 e. The highest BCUT2D eigenvalue weighted by molar-refractivity contribution is 7.47. The molecule has 0 aromatic heterocycles. The van der Waals surface area contributed by atoms with Crippen molar-refractivity contribution in [3.63, 3.8) is 0 Å². The number of hydrogen-bond acceptors (Lipinski definition) is 15. The molecule has 0 fully saturated rings. The molecule has 0 amide bonds. The van der Waals surface area contributed by atoms with Gasteiger partial charge in [-0.2, -0.15) is 0 Å². The van der Waals surface area contributed by atoms with Crippen LogP contribution in [0, 0.1) is 23.7 Å². The summed E-state index contributed by atoms with van der Waals surface area (Å²) in [7, 11) is -9.93. The number of rotatable bonds is 82. The first kappa shape index (κ1) is 102. The van der Waals surface area contributed by atoms with Gasteiger partial charge in [-0.3, -0.25) is 37.3 Å². The van der Waals surface area contributed by atoms with Crippen molar-refractivity contribution in [3.05, 3.63) is 0 Å². The molecule has 0 rings (SSSR count). The van der Waals surface area contributed by atoms with E-state index in [4.69, 9.17) is 37.0 Å². The minimum atomic E-state index is -4.97. The second-order valence-electron chi connectivity index (χ2n) is 31.8. The predicted octanol–water partition coefficient (Wildman–Crippen LogP) is 25.6. The molecule has 17 nitrogen and oxygen atoms in total. The van der Waals surface area contributed by atoms with Crippen LogP contribution in [0.1, 0.15) is 441 Å². The van der Waals surface area contributed by atoms with Crippen molar-refractivity contribution >= 4 is 39.5 Å². The van der Waals surface area contributed by atoms with Gasteiger partial charge in [-0.15, -0.1) is 0 Å². The van der Waals surface area contributed by atoms with Crippen molar-refractivity contribution < 1.29 is 80.2 Å². The van der Waals surface area contributed by atoms with Crippen LogP contribution in [0.15, 0.2) is 0 Å². The third kappa shape index (κ3) is 74.2. The number of ether oxygens (including phenoxy) is 4. The van der Waals surface area contributed by atoms with Gasteiger partial charge in [-0.25, -0.2) is 9.13 Å². The molecular weight excluding hydrogens is 1350 g/mol. The van der Waals surface area contributed by atoms with E-state index >= 15 is 0 Å². The van der Waals surface area contributed by atoms with Crippen LogP contribution in [-0.2, 0) is 65.4 Å². The van der Waals surface area contributed by atoms with E-state index in [0.717, 1.165) is 120 Å². The lowest BCUT2D eigenvalue weighted by Gasteiger charge is -2.21. The van der Waals surface area contributed by atoms with Crippen LogP contribution in [0.3, 0.4) is 0 Å². The molecule has 0 saturated carbocycles. The Kier molecular flexibility index (Phi) is 72.5. The summed E-state index contributed by atoms with van der Waals surface area (Å²) < 4.78 is 68.9. The number of carbonyl (C=O) groups is 4. The quantitative estimate of drug-likeness (QED) is 0.0222. The van der Waals surface area contributed by atoms with Gasteiger partial charge in [0.25, 0.3) is 0 Å². The van der Waals surface area contributed by atoms with E-state index in [0.29, 0.717) is 25.7 Å². The number of carbonyl (C=O) groups excluding carboxylic acids is 4. The number of phosphoric ester groups is 2. The summed E-state index contributed by atoms with van der Waals surface area (Å²) in [5.41, 5.74) is 0. The first-order chi connectivity index (χ1) is 50.2. The molecule has 5 unspecified atom stereocenters. The van der Waals surface area contributed by atoms with E-state index in [1.165, 1.54) is 238 Å². The number of aliphatic hydroxyl groups is 1. The summed E-state index contributed by atoms with van der Waals surface area (Å²) in [5.74, 6) is 1.12. The normalized spacial score (nSPS) is 14.7. The lowest BCUT2D eigenvalue weighted by atomic mass is 9.99. The van der Waals surface area contributed by atoms with Gasteiger partial charge in [0, 0.05) is 25.7 Å². The molecule has 104 heavy (non-hydrogen) atoms. The molecule has 0 saturated heterocycles. The van der Waals surface area contributed by atoms with Crippen molar-refractivity contribution in [3.8, 4) is 0 Å². The Bertz CT molecular complexity index is 2030. The van der Waals surface area contributed by atoms with Crippen LogP contribution < -0.4 is 0 Å². The Hall–Kier alpha value is -1.94. The second kappa shape index (κ2) is 73.8. The van der Waals surface area contributed by atoms with Gasteiger partial charge in [0.05, 0.1) is 26.4 Å². The Balaban J connectivity index is 5.25. The molecule has 0 aliphatic heterocycles. The molecule has 8 atom stereocenters. The second-order valence-corrected chi connectivity index (χ2v) is 34.7. The number of unbranched alkanes of at least 4 members (excludes halogenated alkanes) is 45. The summed E-state index contributed by atoms with van der Waals surface area (Å²) in [4.78, 5) is 73.2. The standard InChI is InChI=1S/C85H166O17P2/c1-9-76(6)62-54-46-38-32-26-20-15-17-23-29-35-41-51-59-67-84(89)101-80(71-95-82(87)65-57-49-40-34-28-22-14-12-13-19-25-31-37-45-53-61-75(4)5)73-99-103(91,92)97-69-79(86)70-98-104(93,94)100-74-81(72-96-83(88)66-58-50-44-43-48-56-64-78(8)11-3)102-85(90)68-60-52-42-36-30-24-18-16-21-27-33-39-47-55-63-77(7)10-2/h75-81,86H,9-74H2,1-8H3,(H,91,92)(H,93,94)/t76?,77?,78?,79-,80-,81-/m1/s1. The lowest BCUT2D eigenvalue weighted by molar-refractivity contribution is -0.161. The van der Waals surface area contributed by atoms with Crippen molar-refractivity contribution in [2.75, 3.05) is 39.6 Å². The van der Waals surface area contributed by atoms with Gasteiger partial charge in [0.15, 0.2) is 12.2 Å². The molecule has 618 valence electrons. The van der Waals surface area contributed by atoms with Crippen LogP contribution in [0.2, 0.25) is 0 Å². The van der Waals surface area contributed by atoms with Gasteiger partial charge in [-0.05, 0) is 49.4 Å². The lowest BCUT2D eigenvalue weighted by Crippen LogP contribution is -2.30. The molecule has 0 bridgehead atoms. The van der Waals surface area contributed by atoms with Crippen LogP contribution in [0.4, 0.5) is 0 Å². The maximum absolute atomic E-state index is 13.1. The Labute approximate surface area is 638 Å². The summed E-state index contributed by atoms with van der Waals surface area (Å²) >= 11 is 0. The third-order valence-corrected chi connectivity index (χ3v) is 22.8. The topological polar surface area (TPSA) is 237 Å². The summed E-state index contributed by atoms with van der Waals surface area (Å²) in [6.45, 7) is 14.4. The van der Waals surface area contributed by atoms with Gasteiger partial charge >= 0.3 is 39.5 Å². The van der Waals surface area contributed by atoms with Crippen molar-refractivity contribution in [1.82, 2.24) is 0 Å². The number of phosphoric acid groups is 2. The SMILES string of the molecule is CCC(C)CCCCCCCCCCCCCCCCC(=O)O[C@H](COC(=O)CCCCCCCCCCCCCCCCCC(C)C)COP(=O)(O)OC[C@@H](O)COP(=O)(O)OC[C@@H](COC(=O)CCCCCCCCC(C)CC)OC(=O)CCCCCCCCCCCCCCCCC(C)CC. The molecule has 3 N–H and O–H groups in total. The van der Waals surface area contributed by atoms with E-state index in [9.17, 15) is 43.2 Å². The largest absolute Gasteiger partial charge is 0.472 e. The van der Waals surface area contributed by atoms with E-state index in [-0.39, 0.29) is 25.7 Å². The fraction of sp³-hybridized carbons (Fsp3) is 0.953. The van der Waals surface area contributed by atoms with Crippen LogP contribution in [0.5, 0.6) is 0 Å². The summed E-state index contributed by atoms with van der Waals surface area (Å²) in [6.07, 6.45) is 62.3. The van der Waals surface area contributed by atoms with Crippen molar-refractivity contribution in [1.29, 1.82) is 0 Å². The Morgan fingerprint density at radius 3 is 0.683 bits per heavy atom. The van der Waals surface area contributed by atoms with Crippen LogP contribution in [-0.4, -0.2) is 96.7 Å². The van der Waals surface area contributed by atoms with Crippen LogP contribution in [0.25, 0.3) is 0 Å². The Morgan fingerprint density at radius 2 is 0.462 bits per heavy atom. The molecule has 0 aliphatic rings. The monoisotopic (exact) mass is 1520 g/mol. The fourth-order valence-corrected chi connectivity index (χ4v) is 14.6. The van der Waals surface area contributed by atoms with Gasteiger partial charge in [0.1, 0.15) is 19.3 Å². The van der Waals surface area contributed by atoms with E-state index in [1.54, 1.807) is 0 Å². The predicted molar refractivity (Wildman–Crippen MR) is 428 cm³/mol. The van der Waals surface area contributed by atoms with Gasteiger partial charge in [0.2, 0.25) is 0 Å². The first-order valence-electron chi connectivity index (χ1n) is 43.8. The van der Waals surface area contributed by atoms with Gasteiger partial charge < -0.3 is 33.8 Å². The molecule has 0 heterocycles. The third-order valence-electron chi connectivity index (χ3n) is 20.9. The fourth-order valence-electron chi connectivity index (χ4n) is 13.0. The van der Waals surface area contributed by atoms with E-state index in [2.05, 4.69) is 55.4 Å². The zero-order valence-corrected chi connectivity index (χ0v) is 70.5. The van der Waals surface area contributed by atoms with E-state index < -0.39 is 97.5 Å². The zero-order chi connectivity index (χ0) is 76.7. The minimum absolute atomic E-state index is 0.107. The highest BCUT2D eigenvalue weighted by atomic mass is 31.2. The number of esters is 4. The van der Waals surface area contributed by atoms with Crippen molar-refractivity contribution in [2.24, 2.45) is 23.7 Å². The number of hydrogen-bond donors (Lipinski definition) is 3. The van der Waals surface area contributed by atoms with E-state index in [1.807, 2.05) is 0 Å². The Morgan fingerprint density at radius 1 is 0.269 bits per heavy atom. The molecule has 0 radical (unpaired) electrons. The van der Waals surface area contributed by atoms with Gasteiger partial charge in [-0.1, -0.05) is 389 Å². The smallest absolute Gasteiger partial charge is 0.462 e. The highest BCUT2D eigenvalue weighted by Crippen LogP contribution is 2.45. The maximum atomic E-state index is 13.1. The first-order valence-corrected chi connectivity index (χ1v) is 46.8. The molecule has 0 aliphatic carbocycles. The van der Waals surface area contributed by atoms with Crippen molar-refractivity contribution in [2.45, 2.75) is 459 Å². The molecule has 0 spiro atoms. The summed E-state index contributed by atoms with van der Waals surface area (Å²) in [5, 5.41) is 10.7. The average Bonchev–Trinajstić information content (AvgIpc) is 0.918. The molecule has 0 aromatic rings. The average molecular weight is 1520 g/mol. The van der Waals surface area contributed by atoms with Crippen LogP contribution >= 0.6 is 15.6 Å².